The van der Waals surface area contributed by atoms with Crippen LogP contribution < -0.4 is 15.1 Å². The fourth-order valence-electron chi connectivity index (χ4n) is 6.37. The fourth-order valence-corrected chi connectivity index (χ4v) is 6.37. The Balaban J connectivity index is 1.15. The summed E-state index contributed by atoms with van der Waals surface area (Å²) in [6, 6.07) is 13.8. The van der Waals surface area contributed by atoms with Gasteiger partial charge in [0.05, 0.1) is 23.0 Å². The lowest BCUT2D eigenvalue weighted by molar-refractivity contribution is 0.127. The summed E-state index contributed by atoms with van der Waals surface area (Å²) < 4.78 is 0. The third kappa shape index (κ3) is 4.99. The van der Waals surface area contributed by atoms with Gasteiger partial charge in [-0.3, -0.25) is 19.8 Å². The van der Waals surface area contributed by atoms with E-state index >= 15 is 0 Å². The van der Waals surface area contributed by atoms with Gasteiger partial charge in [-0.05, 0) is 49.2 Å². The SMILES string of the molecule is CC1CN(c2ccc(C#N)c3ncccc23)CC2CCN(Cc3cncc(N4CCNCC4)c3)CCN12. The lowest BCUT2D eigenvalue weighted by Gasteiger charge is -2.46. The summed E-state index contributed by atoms with van der Waals surface area (Å²) in [5.41, 5.74) is 5.21. The van der Waals surface area contributed by atoms with Crippen LogP contribution in [0.25, 0.3) is 10.9 Å². The lowest BCUT2D eigenvalue weighted by Crippen LogP contribution is -2.58. The molecule has 8 heteroatoms. The Morgan fingerprint density at radius 3 is 2.78 bits per heavy atom. The van der Waals surface area contributed by atoms with Crippen LogP contribution >= 0.6 is 0 Å². The summed E-state index contributed by atoms with van der Waals surface area (Å²) in [4.78, 5) is 19.4. The highest BCUT2D eigenvalue weighted by Gasteiger charge is 2.34. The average molecular weight is 497 g/mol. The third-order valence-electron chi connectivity index (χ3n) is 8.28. The molecule has 0 saturated carbocycles. The summed E-state index contributed by atoms with van der Waals surface area (Å²) >= 11 is 0. The molecule has 3 aliphatic rings. The van der Waals surface area contributed by atoms with Gasteiger partial charge in [0.2, 0.25) is 0 Å². The van der Waals surface area contributed by atoms with Crippen LogP contribution in [0.1, 0.15) is 24.5 Å². The summed E-state index contributed by atoms with van der Waals surface area (Å²) in [5, 5.41) is 14.1. The zero-order valence-electron chi connectivity index (χ0n) is 21.7. The number of fused-ring (bicyclic) bond motifs is 2. The molecule has 3 fully saturated rings. The number of rotatable bonds is 4. The maximum Gasteiger partial charge on any atom is 0.101 e. The van der Waals surface area contributed by atoms with Crippen molar-refractivity contribution in [2.24, 2.45) is 0 Å². The average Bonchev–Trinajstić information content (AvgIpc) is 3.15. The first-order valence-electron chi connectivity index (χ1n) is 13.6. The highest BCUT2D eigenvalue weighted by atomic mass is 15.3. The van der Waals surface area contributed by atoms with E-state index in [0.717, 1.165) is 82.8 Å². The normalized spacial score (nSPS) is 23.5. The fraction of sp³-hybridized carbons (Fsp3) is 0.483. The second-order valence-corrected chi connectivity index (χ2v) is 10.6. The Kier molecular flexibility index (Phi) is 6.92. The van der Waals surface area contributed by atoms with Gasteiger partial charge in [0.25, 0.3) is 0 Å². The van der Waals surface area contributed by atoms with Crippen LogP contribution in [0.15, 0.2) is 48.9 Å². The standard InChI is InChI=1S/C29H36N8/c1-22-19-36(28-5-4-24(16-30)29-27(28)3-2-7-33-29)21-25-6-10-34(13-14-37(22)25)20-23-15-26(18-32-17-23)35-11-8-31-9-12-35/h2-5,7,15,17-18,22,25,31H,6,8-14,19-21H2,1H3. The third-order valence-corrected chi connectivity index (χ3v) is 8.28. The van der Waals surface area contributed by atoms with Gasteiger partial charge in [-0.15, -0.1) is 0 Å². The molecule has 6 rings (SSSR count). The van der Waals surface area contributed by atoms with E-state index in [1.54, 1.807) is 6.20 Å². The number of hydrogen-bond acceptors (Lipinski definition) is 8. The molecule has 0 amide bonds. The van der Waals surface area contributed by atoms with Gasteiger partial charge in [-0.25, -0.2) is 0 Å². The predicted molar refractivity (Wildman–Crippen MR) is 148 cm³/mol. The molecule has 3 aromatic rings. The Morgan fingerprint density at radius 1 is 1.03 bits per heavy atom. The van der Waals surface area contributed by atoms with E-state index in [1.165, 1.54) is 16.9 Å². The maximum atomic E-state index is 9.55. The van der Waals surface area contributed by atoms with Crippen molar-refractivity contribution in [1.29, 1.82) is 5.26 Å². The van der Waals surface area contributed by atoms with E-state index in [1.807, 2.05) is 24.5 Å². The molecule has 8 nitrogen and oxygen atoms in total. The number of nitriles is 1. The highest BCUT2D eigenvalue weighted by molar-refractivity contribution is 5.95. The molecular weight excluding hydrogens is 460 g/mol. The van der Waals surface area contributed by atoms with E-state index in [9.17, 15) is 5.26 Å². The summed E-state index contributed by atoms with van der Waals surface area (Å²) in [5.74, 6) is 0. The Morgan fingerprint density at radius 2 is 1.92 bits per heavy atom. The molecule has 0 spiro atoms. The predicted octanol–water partition coefficient (Wildman–Crippen LogP) is 2.70. The summed E-state index contributed by atoms with van der Waals surface area (Å²) in [7, 11) is 0. The van der Waals surface area contributed by atoms with Crippen LogP contribution in [0.3, 0.4) is 0 Å². The first-order valence-corrected chi connectivity index (χ1v) is 13.6. The van der Waals surface area contributed by atoms with Crippen molar-refractivity contribution in [3.63, 3.8) is 0 Å². The number of nitrogens with one attached hydrogen (secondary N) is 1. The molecule has 1 aromatic carbocycles. The van der Waals surface area contributed by atoms with Crippen molar-refractivity contribution in [3.05, 3.63) is 60.0 Å². The molecule has 0 aliphatic carbocycles. The van der Waals surface area contributed by atoms with Crippen molar-refractivity contribution in [2.75, 3.05) is 68.7 Å². The molecule has 2 aromatic heterocycles. The second-order valence-electron chi connectivity index (χ2n) is 10.6. The highest BCUT2D eigenvalue weighted by Crippen LogP contribution is 2.32. The monoisotopic (exact) mass is 496 g/mol. The Labute approximate surface area is 219 Å². The van der Waals surface area contributed by atoms with Crippen LogP contribution in [0, 0.1) is 11.3 Å². The van der Waals surface area contributed by atoms with Crippen LogP contribution in [0.4, 0.5) is 11.4 Å². The lowest BCUT2D eigenvalue weighted by atomic mass is 10.0. The zero-order chi connectivity index (χ0) is 25.2. The second kappa shape index (κ2) is 10.6. The van der Waals surface area contributed by atoms with Crippen LogP contribution in [-0.4, -0.2) is 90.8 Å². The molecule has 2 unspecified atom stereocenters. The van der Waals surface area contributed by atoms with Crippen molar-refractivity contribution in [1.82, 2.24) is 25.1 Å². The van der Waals surface area contributed by atoms with Crippen molar-refractivity contribution in [3.8, 4) is 6.07 Å². The van der Waals surface area contributed by atoms with Gasteiger partial charge in [0.15, 0.2) is 0 Å². The molecule has 0 radical (unpaired) electrons. The van der Waals surface area contributed by atoms with Gasteiger partial charge in [-0.1, -0.05) is 0 Å². The molecule has 192 valence electrons. The maximum absolute atomic E-state index is 9.55. The van der Waals surface area contributed by atoms with E-state index in [2.05, 4.69) is 66.1 Å². The van der Waals surface area contributed by atoms with Gasteiger partial charge >= 0.3 is 0 Å². The van der Waals surface area contributed by atoms with Gasteiger partial charge in [0, 0.05) is 101 Å². The van der Waals surface area contributed by atoms with Gasteiger partial charge < -0.3 is 15.1 Å². The minimum Gasteiger partial charge on any atom is -0.368 e. The molecule has 37 heavy (non-hydrogen) atoms. The number of benzene rings is 1. The molecule has 3 saturated heterocycles. The minimum absolute atomic E-state index is 0.471. The molecule has 1 N–H and O–H groups in total. The number of piperazine rings is 2. The van der Waals surface area contributed by atoms with Gasteiger partial charge in [0.1, 0.15) is 6.07 Å². The molecule has 2 atom stereocenters. The summed E-state index contributed by atoms with van der Waals surface area (Å²) in [6.45, 7) is 12.8. The van der Waals surface area contributed by atoms with E-state index in [-0.39, 0.29) is 0 Å². The zero-order valence-corrected chi connectivity index (χ0v) is 21.7. The van der Waals surface area contributed by atoms with Crippen LogP contribution in [0.2, 0.25) is 0 Å². The number of nitrogens with zero attached hydrogens (tertiary/aromatic N) is 7. The largest absolute Gasteiger partial charge is 0.368 e. The van der Waals surface area contributed by atoms with Crippen LogP contribution in [-0.2, 0) is 6.54 Å². The number of aromatic nitrogens is 2. The van der Waals surface area contributed by atoms with E-state index in [0.29, 0.717) is 17.6 Å². The Hall–Kier alpha value is -3.25. The number of pyridine rings is 2. The van der Waals surface area contributed by atoms with Crippen molar-refractivity contribution >= 4 is 22.3 Å². The van der Waals surface area contributed by atoms with Gasteiger partial charge in [-0.2, -0.15) is 5.26 Å². The Bertz CT molecular complexity index is 1280. The molecule has 5 heterocycles. The van der Waals surface area contributed by atoms with E-state index in [4.69, 9.17) is 0 Å². The number of anilines is 2. The topological polar surface area (TPSA) is 74.6 Å². The smallest absolute Gasteiger partial charge is 0.101 e. The number of hydrogen-bond donors (Lipinski definition) is 1. The van der Waals surface area contributed by atoms with E-state index < -0.39 is 0 Å². The summed E-state index contributed by atoms with van der Waals surface area (Å²) in [6.07, 6.45) is 6.98. The van der Waals surface area contributed by atoms with Crippen LogP contribution in [0.5, 0.6) is 0 Å². The van der Waals surface area contributed by atoms with Crippen molar-refractivity contribution in [2.45, 2.75) is 32.0 Å². The molecular formula is C29H36N8. The minimum atomic E-state index is 0.471. The molecule has 0 bridgehead atoms. The first-order chi connectivity index (χ1) is 18.2. The molecule has 3 aliphatic heterocycles. The van der Waals surface area contributed by atoms with Crippen molar-refractivity contribution < 1.29 is 0 Å². The quantitative estimate of drug-likeness (QED) is 0.591. The first kappa shape index (κ1) is 24.1.